The molecule has 6 amide bonds. The van der Waals surface area contributed by atoms with E-state index in [-0.39, 0.29) is 81.0 Å². The third kappa shape index (κ3) is 18.0. The van der Waals surface area contributed by atoms with Crippen molar-refractivity contribution >= 4 is 81.6 Å². The molecule has 6 aromatic carbocycles. The number of ketones is 2. The molecular formula is C66H74Cl2N8O8. The van der Waals surface area contributed by atoms with Crippen LogP contribution in [-0.2, 0) is 54.7 Å². The number of hydrogen-bond acceptors (Lipinski definition) is 10. The molecule has 84 heavy (non-hydrogen) atoms. The van der Waals surface area contributed by atoms with Gasteiger partial charge in [0.25, 0.3) is 0 Å². The molecule has 0 saturated carbocycles. The molecule has 0 saturated heterocycles. The van der Waals surface area contributed by atoms with Crippen molar-refractivity contribution in [2.45, 2.75) is 116 Å². The number of carbonyl (C=O) groups excluding carboxylic acids is 8. The molecule has 0 aromatic heterocycles. The van der Waals surface area contributed by atoms with Gasteiger partial charge in [0.05, 0.1) is 0 Å². The molecule has 0 spiro atoms. The molecule has 7 N–H and O–H groups in total. The summed E-state index contributed by atoms with van der Waals surface area (Å²) < 4.78 is 0. The van der Waals surface area contributed by atoms with E-state index in [2.05, 4.69) is 40.4 Å². The highest BCUT2D eigenvalue weighted by Gasteiger charge is 2.38. The number of fused-ring (bicyclic) bond motifs is 2. The maximum atomic E-state index is 13.9. The summed E-state index contributed by atoms with van der Waals surface area (Å²) >= 11 is 12.3. The van der Waals surface area contributed by atoms with Crippen LogP contribution < -0.4 is 32.3 Å². The first-order valence-electron chi connectivity index (χ1n) is 28.4. The van der Waals surface area contributed by atoms with E-state index >= 15 is 0 Å². The van der Waals surface area contributed by atoms with Crippen LogP contribution in [0.3, 0.4) is 0 Å². The van der Waals surface area contributed by atoms with Gasteiger partial charge in [-0.05, 0) is 122 Å². The molecule has 440 valence electrons. The smallest absolute Gasteiger partial charge is 0.246 e. The van der Waals surface area contributed by atoms with E-state index in [1.165, 1.54) is 4.90 Å². The monoisotopic (exact) mass is 1180 g/mol. The molecule has 6 aromatic rings. The first kappa shape index (κ1) is 63.6. The summed E-state index contributed by atoms with van der Waals surface area (Å²) in [5, 5.41) is 16.0. The zero-order chi connectivity index (χ0) is 60.3. The van der Waals surface area contributed by atoms with Gasteiger partial charge >= 0.3 is 0 Å². The highest BCUT2D eigenvalue weighted by molar-refractivity contribution is 6.31. The first-order chi connectivity index (χ1) is 40.4. The number of nitrogens with zero attached hydrogens (tertiary/aromatic N) is 2. The van der Waals surface area contributed by atoms with Crippen LogP contribution in [0, 0.1) is 19.8 Å². The Morgan fingerprint density at radius 2 is 0.917 bits per heavy atom. The maximum absolute atomic E-state index is 13.9. The predicted octanol–water partition coefficient (Wildman–Crippen LogP) is 9.36. The number of halogens is 2. The quantitative estimate of drug-likeness (QED) is 0.0263. The summed E-state index contributed by atoms with van der Waals surface area (Å²) in [6.45, 7) is 9.85. The van der Waals surface area contributed by atoms with Crippen molar-refractivity contribution in [2.24, 2.45) is 11.7 Å². The van der Waals surface area contributed by atoms with Gasteiger partial charge in [-0.25, -0.2) is 0 Å². The predicted molar refractivity (Wildman–Crippen MR) is 328 cm³/mol. The van der Waals surface area contributed by atoms with Crippen LogP contribution in [0.5, 0.6) is 0 Å². The van der Waals surface area contributed by atoms with Gasteiger partial charge in [0.2, 0.25) is 35.4 Å². The summed E-state index contributed by atoms with van der Waals surface area (Å²) in [6, 6.07) is 40.0. The highest BCUT2D eigenvalue weighted by atomic mass is 35.5. The Hall–Kier alpha value is -8.02. The van der Waals surface area contributed by atoms with E-state index in [1.807, 2.05) is 74.5 Å². The number of nitrogens with one attached hydrogen (secondary N) is 5. The Labute approximate surface area is 501 Å². The van der Waals surface area contributed by atoms with Crippen molar-refractivity contribution in [2.75, 3.05) is 30.3 Å². The lowest BCUT2D eigenvalue weighted by Crippen LogP contribution is -2.56. The number of anilines is 2. The number of hydrogen-bond donors (Lipinski definition) is 6. The molecule has 0 unspecified atom stereocenters. The fourth-order valence-electron chi connectivity index (χ4n) is 10.1. The number of Topliss-reactive ketones (excluding diaryl/α,β-unsaturated/α-hetero) is 2. The molecule has 4 atom stereocenters. The molecule has 8 rings (SSSR count). The summed E-state index contributed by atoms with van der Waals surface area (Å²) in [6.07, 6.45) is 1.23. The Morgan fingerprint density at radius 1 is 0.524 bits per heavy atom. The molecular weight excluding hydrogens is 1100 g/mol. The van der Waals surface area contributed by atoms with E-state index in [1.54, 1.807) is 89.8 Å². The van der Waals surface area contributed by atoms with Crippen molar-refractivity contribution in [3.05, 3.63) is 200 Å². The van der Waals surface area contributed by atoms with Crippen molar-refractivity contribution < 1.29 is 38.4 Å². The summed E-state index contributed by atoms with van der Waals surface area (Å²) in [7, 11) is 0. The van der Waals surface area contributed by atoms with E-state index in [0.29, 0.717) is 64.3 Å². The Bertz CT molecular complexity index is 3310. The van der Waals surface area contributed by atoms with Crippen LogP contribution in [0.4, 0.5) is 11.4 Å². The molecule has 2 aliphatic heterocycles. The van der Waals surface area contributed by atoms with Gasteiger partial charge in [-0.2, -0.15) is 0 Å². The van der Waals surface area contributed by atoms with Crippen LogP contribution in [0.2, 0.25) is 10.0 Å². The summed E-state index contributed by atoms with van der Waals surface area (Å²) in [5.74, 6) is -2.02. The largest absolute Gasteiger partial charge is 0.342 e. The average molecular weight is 1180 g/mol. The number of benzene rings is 6. The number of rotatable bonds is 23. The SMILES string of the molecule is Cc1cc(NC(=O)[C@H](CCN)NC(=O)[C@@H]2Cc3ccccc3CN2C(=O)CCC(=O)c2ccccc2)ccc1Cl.Cc1cc(NC(=O)[C@H](CCNCC(C)C)NC(=O)[C@@H]2Cc3ccccc3CN2C(=O)CCC(=O)c2ccccc2)ccc1Cl. The van der Waals surface area contributed by atoms with E-state index in [9.17, 15) is 38.4 Å². The van der Waals surface area contributed by atoms with Crippen LogP contribution in [0.25, 0.3) is 0 Å². The zero-order valence-electron chi connectivity index (χ0n) is 47.9. The lowest BCUT2D eigenvalue weighted by molar-refractivity contribution is -0.142. The normalized spacial score (nSPS) is 15.0. The fourth-order valence-corrected chi connectivity index (χ4v) is 10.3. The second-order valence-corrected chi connectivity index (χ2v) is 22.4. The minimum absolute atomic E-state index is 0.0152. The summed E-state index contributed by atoms with van der Waals surface area (Å²) in [5.41, 5.74) is 13.5. The summed E-state index contributed by atoms with van der Waals surface area (Å²) in [4.78, 5) is 109. The molecule has 0 aliphatic carbocycles. The zero-order valence-corrected chi connectivity index (χ0v) is 49.4. The molecule has 0 bridgehead atoms. The lowest BCUT2D eigenvalue weighted by Gasteiger charge is -2.37. The van der Waals surface area contributed by atoms with Gasteiger partial charge in [-0.15, -0.1) is 0 Å². The van der Waals surface area contributed by atoms with Crippen LogP contribution in [0.15, 0.2) is 146 Å². The van der Waals surface area contributed by atoms with Gasteiger partial charge in [0, 0.05) is 84.2 Å². The molecule has 16 nitrogen and oxygen atoms in total. The van der Waals surface area contributed by atoms with Crippen molar-refractivity contribution in [3.63, 3.8) is 0 Å². The first-order valence-corrected chi connectivity index (χ1v) is 29.2. The Morgan fingerprint density at radius 3 is 1.31 bits per heavy atom. The average Bonchev–Trinajstić information content (AvgIpc) is 3.69. The number of amides is 6. The topological polar surface area (TPSA) is 229 Å². The van der Waals surface area contributed by atoms with Crippen LogP contribution >= 0.6 is 23.2 Å². The van der Waals surface area contributed by atoms with Crippen molar-refractivity contribution in [1.29, 1.82) is 0 Å². The van der Waals surface area contributed by atoms with Gasteiger partial charge in [0.1, 0.15) is 24.2 Å². The molecule has 2 aliphatic rings. The fraction of sp³-hybridized carbons (Fsp3) is 0.333. The van der Waals surface area contributed by atoms with Gasteiger partial charge < -0.3 is 42.1 Å². The van der Waals surface area contributed by atoms with E-state index < -0.39 is 41.9 Å². The molecule has 0 radical (unpaired) electrons. The maximum Gasteiger partial charge on any atom is 0.246 e. The minimum atomic E-state index is -0.901. The third-order valence-corrected chi connectivity index (χ3v) is 15.6. The number of nitrogens with two attached hydrogens (primary N) is 1. The molecule has 2 heterocycles. The Kier molecular flexibility index (Phi) is 23.5. The van der Waals surface area contributed by atoms with Gasteiger partial charge in [-0.3, -0.25) is 38.4 Å². The van der Waals surface area contributed by atoms with Crippen LogP contribution in [-0.4, -0.2) is 101 Å². The minimum Gasteiger partial charge on any atom is -0.342 e. The van der Waals surface area contributed by atoms with Gasteiger partial charge in [0.15, 0.2) is 11.6 Å². The van der Waals surface area contributed by atoms with E-state index in [0.717, 1.165) is 39.9 Å². The number of aryl methyl sites for hydroxylation is 2. The van der Waals surface area contributed by atoms with Crippen molar-refractivity contribution in [3.8, 4) is 0 Å². The Balaban J connectivity index is 0.000000242. The number of carbonyl (C=O) groups is 8. The second kappa shape index (κ2) is 31.0. The highest BCUT2D eigenvalue weighted by Crippen LogP contribution is 2.28. The van der Waals surface area contributed by atoms with Crippen LogP contribution in [0.1, 0.15) is 106 Å². The van der Waals surface area contributed by atoms with E-state index in [4.69, 9.17) is 28.9 Å². The molecule has 0 fully saturated rings. The lowest BCUT2D eigenvalue weighted by atomic mass is 9.92. The van der Waals surface area contributed by atoms with Gasteiger partial charge in [-0.1, -0.05) is 146 Å². The van der Waals surface area contributed by atoms with Crippen molar-refractivity contribution in [1.82, 2.24) is 25.8 Å². The second-order valence-electron chi connectivity index (χ2n) is 21.6. The standard InChI is InChI=1S/C35H41ClN4O4.C31H33ClN4O4/c1-23(2)21-37-18-17-30(34(43)38-28-13-14-29(36)24(3)19-28)39-35(44)31-20-26-11-7-8-12-27(26)22-40(31)33(42)16-15-32(41)25-9-5-4-6-10-25;1-20-17-24(11-12-25(20)32)34-30(39)26(15-16-33)35-31(40)27-18-22-9-5-6-10-23(22)19-36(27)29(38)14-13-28(37)21-7-3-2-4-8-21/h4-14,19,23,30-31,37H,15-18,20-22H2,1-3H3,(H,38,43)(H,39,44);2-12,17,26-27H,13-16,18-19,33H2,1H3,(H,34,39)(H,35,40)/t30-,31-;26-,27-/m00/s1. The third-order valence-electron chi connectivity index (χ3n) is 14.8. The molecule has 18 heteroatoms.